The quantitative estimate of drug-likeness (QED) is 0.163. The Kier molecular flexibility index (Phi) is 15.9. The standard InChI is InChI=1S/C17H34FN3O5S2/c1-13(2)19-5-7-24-9-10-25-8-6-20-15(22)12-26-17(3,4)14(18)11-21-16(23)28-27/h13-14,19,27H,5-12H2,1-4H3,(H,20,22)(H,21,23). The summed E-state index contributed by atoms with van der Waals surface area (Å²) in [6.45, 7) is 9.71. The van der Waals surface area contributed by atoms with Gasteiger partial charge in [-0.1, -0.05) is 13.8 Å². The number of rotatable bonds is 16. The van der Waals surface area contributed by atoms with Crippen molar-refractivity contribution < 1.29 is 28.2 Å². The van der Waals surface area contributed by atoms with Crippen LogP contribution in [-0.4, -0.2) is 81.6 Å². The molecule has 0 heterocycles. The van der Waals surface area contributed by atoms with Crippen molar-refractivity contribution in [2.75, 3.05) is 52.7 Å². The topological polar surface area (TPSA) is 97.9 Å². The van der Waals surface area contributed by atoms with Crippen molar-refractivity contribution in [3.63, 3.8) is 0 Å². The Hall–Kier alpha value is -0.590. The van der Waals surface area contributed by atoms with Crippen molar-refractivity contribution in [3.05, 3.63) is 0 Å². The van der Waals surface area contributed by atoms with Crippen LogP contribution in [0.15, 0.2) is 0 Å². The van der Waals surface area contributed by atoms with Crippen molar-refractivity contribution in [2.45, 2.75) is 45.5 Å². The van der Waals surface area contributed by atoms with Crippen LogP contribution in [0, 0.1) is 0 Å². The highest BCUT2D eigenvalue weighted by Crippen LogP contribution is 2.18. The molecule has 0 aliphatic rings. The van der Waals surface area contributed by atoms with Gasteiger partial charge in [-0.05, 0) is 13.8 Å². The molecule has 0 aliphatic heterocycles. The first-order chi connectivity index (χ1) is 13.2. The number of halogens is 1. The first-order valence-corrected chi connectivity index (χ1v) is 11.1. The molecule has 11 heteroatoms. The molecule has 0 saturated heterocycles. The molecule has 0 aliphatic carbocycles. The van der Waals surface area contributed by atoms with E-state index in [0.29, 0.717) is 49.8 Å². The van der Waals surface area contributed by atoms with Crippen molar-refractivity contribution in [1.82, 2.24) is 16.0 Å². The molecular weight excluding hydrogens is 409 g/mol. The summed E-state index contributed by atoms with van der Waals surface area (Å²) in [7, 11) is 0.666. The van der Waals surface area contributed by atoms with Crippen molar-refractivity contribution in [2.24, 2.45) is 0 Å². The zero-order chi connectivity index (χ0) is 21.4. The fourth-order valence-corrected chi connectivity index (χ4v) is 2.19. The molecule has 0 aromatic rings. The van der Waals surface area contributed by atoms with Gasteiger partial charge in [0.2, 0.25) is 5.91 Å². The SMILES string of the molecule is CC(C)NCCOCCOCCNC(=O)COC(C)(C)C(F)CNC(=O)SS. The lowest BCUT2D eigenvalue weighted by molar-refractivity contribution is -0.135. The summed E-state index contributed by atoms with van der Waals surface area (Å²) in [5, 5.41) is 7.79. The number of alkyl halides is 1. The molecule has 0 aromatic carbocycles. The molecular formula is C17H34FN3O5S2. The Bertz CT molecular complexity index is 445. The van der Waals surface area contributed by atoms with Crippen LogP contribution in [-0.2, 0) is 19.0 Å². The van der Waals surface area contributed by atoms with Crippen LogP contribution in [0.5, 0.6) is 0 Å². The number of nitrogens with one attached hydrogen (secondary N) is 3. The second-order valence-electron chi connectivity index (χ2n) is 6.80. The van der Waals surface area contributed by atoms with E-state index in [1.807, 2.05) is 0 Å². The molecule has 0 saturated carbocycles. The van der Waals surface area contributed by atoms with Crippen molar-refractivity contribution in [1.29, 1.82) is 0 Å². The predicted molar refractivity (Wildman–Crippen MR) is 113 cm³/mol. The van der Waals surface area contributed by atoms with Crippen LogP contribution in [0.3, 0.4) is 0 Å². The first kappa shape index (κ1) is 27.4. The molecule has 0 aromatic heterocycles. The maximum absolute atomic E-state index is 14.1. The number of carbonyl (C=O) groups is 2. The number of hydrogen-bond acceptors (Lipinski definition) is 8. The van der Waals surface area contributed by atoms with Crippen LogP contribution in [0.4, 0.5) is 9.18 Å². The lowest BCUT2D eigenvalue weighted by atomic mass is 10.0. The summed E-state index contributed by atoms with van der Waals surface area (Å²) in [6.07, 6.45) is -1.47. The minimum Gasteiger partial charge on any atom is -0.378 e. The van der Waals surface area contributed by atoms with Gasteiger partial charge in [-0.25, -0.2) is 4.39 Å². The van der Waals surface area contributed by atoms with Gasteiger partial charge in [0.05, 0.1) is 38.6 Å². The number of carbonyl (C=O) groups excluding carboxylic acids is 2. The molecule has 8 nitrogen and oxygen atoms in total. The Morgan fingerprint density at radius 2 is 1.68 bits per heavy atom. The summed E-state index contributed by atoms with van der Waals surface area (Å²) in [5.41, 5.74) is -1.22. The van der Waals surface area contributed by atoms with E-state index in [2.05, 4.69) is 41.5 Å². The molecule has 0 radical (unpaired) electrons. The van der Waals surface area contributed by atoms with Gasteiger partial charge in [0.25, 0.3) is 5.24 Å². The van der Waals surface area contributed by atoms with Crippen molar-refractivity contribution in [3.8, 4) is 0 Å². The Morgan fingerprint density at radius 3 is 2.25 bits per heavy atom. The Labute approximate surface area is 176 Å². The maximum Gasteiger partial charge on any atom is 0.289 e. The van der Waals surface area contributed by atoms with E-state index in [1.165, 1.54) is 13.8 Å². The zero-order valence-corrected chi connectivity index (χ0v) is 18.8. The third-order valence-electron chi connectivity index (χ3n) is 3.58. The van der Waals surface area contributed by atoms with E-state index >= 15 is 0 Å². The fraction of sp³-hybridized carbons (Fsp3) is 0.882. The molecule has 2 amide bonds. The number of thiol groups is 1. The van der Waals surface area contributed by atoms with Gasteiger partial charge in [-0.3, -0.25) is 9.59 Å². The average Bonchev–Trinajstić information content (AvgIpc) is 2.65. The average molecular weight is 444 g/mol. The highest BCUT2D eigenvalue weighted by Gasteiger charge is 2.31. The largest absolute Gasteiger partial charge is 0.378 e. The molecule has 0 spiro atoms. The molecule has 166 valence electrons. The van der Waals surface area contributed by atoms with Crippen molar-refractivity contribution >= 4 is 33.6 Å². The van der Waals surface area contributed by atoms with Crippen LogP contribution in [0.2, 0.25) is 0 Å². The van der Waals surface area contributed by atoms with Gasteiger partial charge in [0.1, 0.15) is 12.8 Å². The van der Waals surface area contributed by atoms with Crippen LogP contribution in [0.1, 0.15) is 27.7 Å². The molecule has 28 heavy (non-hydrogen) atoms. The summed E-state index contributed by atoms with van der Waals surface area (Å²) in [6, 6.07) is 0.437. The summed E-state index contributed by atoms with van der Waals surface area (Å²) in [5.74, 6) is -0.366. The monoisotopic (exact) mass is 443 g/mol. The van der Waals surface area contributed by atoms with Crippen LogP contribution < -0.4 is 16.0 Å². The van der Waals surface area contributed by atoms with E-state index in [4.69, 9.17) is 14.2 Å². The first-order valence-electron chi connectivity index (χ1n) is 9.22. The normalized spacial score (nSPS) is 12.8. The number of ether oxygens (including phenoxy) is 3. The van der Waals surface area contributed by atoms with Crippen LogP contribution in [0.25, 0.3) is 0 Å². The lowest BCUT2D eigenvalue weighted by Crippen LogP contribution is -2.45. The maximum atomic E-state index is 14.1. The molecule has 1 unspecified atom stereocenters. The molecule has 1 atom stereocenters. The van der Waals surface area contributed by atoms with Gasteiger partial charge in [0, 0.05) is 29.9 Å². The second-order valence-corrected chi connectivity index (χ2v) is 7.90. The predicted octanol–water partition coefficient (Wildman–Crippen LogP) is 1.55. The summed E-state index contributed by atoms with van der Waals surface area (Å²) in [4.78, 5) is 22.8. The van der Waals surface area contributed by atoms with E-state index in [1.54, 1.807) is 0 Å². The Morgan fingerprint density at radius 1 is 1.07 bits per heavy atom. The minimum atomic E-state index is -1.47. The van der Waals surface area contributed by atoms with E-state index < -0.39 is 17.0 Å². The van der Waals surface area contributed by atoms with E-state index in [-0.39, 0.29) is 19.1 Å². The number of amides is 2. The highest BCUT2D eigenvalue weighted by atomic mass is 33.1. The van der Waals surface area contributed by atoms with Gasteiger partial charge in [0.15, 0.2) is 0 Å². The molecule has 0 bridgehead atoms. The third kappa shape index (κ3) is 15.3. The third-order valence-corrected chi connectivity index (χ3v) is 4.39. The van der Waals surface area contributed by atoms with Gasteiger partial charge in [-0.2, -0.15) is 0 Å². The lowest BCUT2D eigenvalue weighted by Gasteiger charge is -2.28. The number of hydrogen-bond donors (Lipinski definition) is 4. The van der Waals surface area contributed by atoms with Gasteiger partial charge >= 0.3 is 0 Å². The van der Waals surface area contributed by atoms with Gasteiger partial charge < -0.3 is 30.2 Å². The smallest absolute Gasteiger partial charge is 0.289 e. The van der Waals surface area contributed by atoms with E-state index in [9.17, 15) is 14.0 Å². The van der Waals surface area contributed by atoms with E-state index in [0.717, 1.165) is 6.54 Å². The summed E-state index contributed by atoms with van der Waals surface area (Å²) < 4.78 is 30.2. The second kappa shape index (κ2) is 16.2. The molecule has 0 rings (SSSR count). The molecule has 0 fully saturated rings. The summed E-state index contributed by atoms with van der Waals surface area (Å²) >= 11 is 3.72. The highest BCUT2D eigenvalue weighted by molar-refractivity contribution is 8.74. The fourth-order valence-electron chi connectivity index (χ4n) is 1.85. The minimum absolute atomic E-state index is 0.218. The molecule has 3 N–H and O–H groups in total. The van der Waals surface area contributed by atoms with Crippen LogP contribution >= 0.6 is 22.5 Å². The van der Waals surface area contributed by atoms with Gasteiger partial charge in [-0.15, -0.1) is 11.7 Å². The Balaban J connectivity index is 3.69. The zero-order valence-electron chi connectivity index (χ0n) is 17.1.